The summed E-state index contributed by atoms with van der Waals surface area (Å²) in [4.78, 5) is 31.4. The highest BCUT2D eigenvalue weighted by Gasteiger charge is 2.31. The van der Waals surface area contributed by atoms with E-state index in [1.807, 2.05) is 11.8 Å². The van der Waals surface area contributed by atoms with E-state index in [2.05, 4.69) is 29.8 Å². The van der Waals surface area contributed by atoms with Crippen LogP contribution in [0.4, 0.5) is 4.79 Å². The topological polar surface area (TPSA) is 95.1 Å². The SMILES string of the molecule is CCNC(=NCC(CC(C)C)NC(=O)OCC)NC1CCN(C(=O)C2CCCCC2)C1. The summed E-state index contributed by atoms with van der Waals surface area (Å²) < 4.78 is 5.03. The molecule has 3 N–H and O–H groups in total. The molecule has 2 unspecified atom stereocenters. The molecule has 1 aliphatic heterocycles. The van der Waals surface area contributed by atoms with E-state index in [4.69, 9.17) is 9.73 Å². The van der Waals surface area contributed by atoms with Gasteiger partial charge in [0.2, 0.25) is 5.91 Å². The van der Waals surface area contributed by atoms with Gasteiger partial charge in [-0.05, 0) is 45.4 Å². The van der Waals surface area contributed by atoms with Crippen LogP contribution in [0.1, 0.15) is 72.6 Å². The highest BCUT2D eigenvalue weighted by molar-refractivity contribution is 5.81. The van der Waals surface area contributed by atoms with Crippen LogP contribution in [0.2, 0.25) is 0 Å². The first-order chi connectivity index (χ1) is 14.9. The van der Waals surface area contributed by atoms with E-state index in [9.17, 15) is 9.59 Å². The Balaban J connectivity index is 1.90. The first-order valence-corrected chi connectivity index (χ1v) is 12.2. The second kappa shape index (κ2) is 13.4. The summed E-state index contributed by atoms with van der Waals surface area (Å²) >= 11 is 0. The van der Waals surface area contributed by atoms with Gasteiger partial charge in [0.05, 0.1) is 19.2 Å². The number of nitrogens with one attached hydrogen (secondary N) is 3. The van der Waals surface area contributed by atoms with Crippen LogP contribution in [0.25, 0.3) is 0 Å². The first kappa shape index (κ1) is 25.3. The molecule has 0 radical (unpaired) electrons. The number of nitrogens with zero attached hydrogens (tertiary/aromatic N) is 2. The molecule has 2 aliphatic rings. The highest BCUT2D eigenvalue weighted by Crippen LogP contribution is 2.26. The van der Waals surface area contributed by atoms with Gasteiger partial charge in [0.15, 0.2) is 5.96 Å². The Morgan fingerprint density at radius 2 is 1.87 bits per heavy atom. The number of likely N-dealkylation sites (tertiary alicyclic amines) is 1. The summed E-state index contributed by atoms with van der Waals surface area (Å²) in [6.07, 6.45) is 7.08. The zero-order chi connectivity index (χ0) is 22.6. The molecule has 2 atom stereocenters. The maximum absolute atomic E-state index is 12.8. The third kappa shape index (κ3) is 8.95. The maximum atomic E-state index is 12.8. The maximum Gasteiger partial charge on any atom is 0.407 e. The summed E-state index contributed by atoms with van der Waals surface area (Å²) in [6.45, 7) is 11.2. The highest BCUT2D eigenvalue weighted by atomic mass is 16.5. The molecule has 0 aromatic heterocycles. The summed E-state index contributed by atoms with van der Waals surface area (Å²) in [5.41, 5.74) is 0. The largest absolute Gasteiger partial charge is 0.450 e. The van der Waals surface area contributed by atoms with E-state index < -0.39 is 6.09 Å². The van der Waals surface area contributed by atoms with Gasteiger partial charge in [-0.25, -0.2) is 4.79 Å². The van der Waals surface area contributed by atoms with Gasteiger partial charge >= 0.3 is 6.09 Å². The van der Waals surface area contributed by atoms with Crippen LogP contribution in [-0.2, 0) is 9.53 Å². The Kier molecular flexibility index (Phi) is 10.9. The van der Waals surface area contributed by atoms with Crippen molar-refractivity contribution in [3.8, 4) is 0 Å². The van der Waals surface area contributed by atoms with E-state index in [0.29, 0.717) is 25.0 Å². The van der Waals surface area contributed by atoms with Crippen LogP contribution in [0.5, 0.6) is 0 Å². The number of alkyl carbamates (subject to hydrolysis) is 1. The number of carbonyl (C=O) groups is 2. The van der Waals surface area contributed by atoms with Crippen LogP contribution < -0.4 is 16.0 Å². The minimum absolute atomic E-state index is 0.0811. The van der Waals surface area contributed by atoms with E-state index in [1.165, 1.54) is 19.3 Å². The predicted octanol–water partition coefficient (Wildman–Crippen LogP) is 2.88. The summed E-state index contributed by atoms with van der Waals surface area (Å²) in [6, 6.07) is 0.120. The smallest absolute Gasteiger partial charge is 0.407 e. The Labute approximate surface area is 187 Å². The van der Waals surface area contributed by atoms with Gasteiger partial charge in [0.1, 0.15) is 0 Å². The number of amides is 2. The summed E-state index contributed by atoms with van der Waals surface area (Å²) in [5, 5.41) is 9.71. The van der Waals surface area contributed by atoms with E-state index in [-0.39, 0.29) is 18.0 Å². The van der Waals surface area contributed by atoms with Gasteiger partial charge in [-0.3, -0.25) is 9.79 Å². The summed E-state index contributed by atoms with van der Waals surface area (Å²) in [7, 11) is 0. The third-order valence-electron chi connectivity index (χ3n) is 5.96. The predicted molar refractivity (Wildman–Crippen MR) is 124 cm³/mol. The molecule has 8 nitrogen and oxygen atoms in total. The molecule has 178 valence electrons. The fourth-order valence-electron chi connectivity index (χ4n) is 4.49. The molecule has 1 saturated carbocycles. The first-order valence-electron chi connectivity index (χ1n) is 12.2. The molecule has 31 heavy (non-hydrogen) atoms. The molecule has 2 fully saturated rings. The van der Waals surface area contributed by atoms with Crippen LogP contribution in [0.15, 0.2) is 4.99 Å². The Bertz CT molecular complexity index is 590. The molecule has 0 aromatic carbocycles. The standard InChI is InChI=1S/C23H43N5O3/c1-5-24-22(25-15-20(14-17(3)4)27-23(30)31-6-2)26-19-12-13-28(16-19)21(29)18-10-8-7-9-11-18/h17-20H,5-16H2,1-4H3,(H,27,30)(H2,24,25,26). The van der Waals surface area contributed by atoms with Gasteiger partial charge in [0.25, 0.3) is 0 Å². The van der Waals surface area contributed by atoms with Gasteiger partial charge in [-0.2, -0.15) is 0 Å². The van der Waals surface area contributed by atoms with Crippen LogP contribution in [-0.4, -0.2) is 67.7 Å². The van der Waals surface area contributed by atoms with Crippen molar-refractivity contribution in [2.45, 2.75) is 84.7 Å². The molecule has 1 heterocycles. The van der Waals surface area contributed by atoms with E-state index in [1.54, 1.807) is 6.92 Å². The molecule has 8 heteroatoms. The number of guanidine groups is 1. The zero-order valence-corrected chi connectivity index (χ0v) is 19.9. The monoisotopic (exact) mass is 437 g/mol. The zero-order valence-electron chi connectivity index (χ0n) is 19.9. The molecular weight excluding hydrogens is 394 g/mol. The lowest BCUT2D eigenvalue weighted by Gasteiger charge is -2.26. The summed E-state index contributed by atoms with van der Waals surface area (Å²) in [5.74, 6) is 1.73. The van der Waals surface area contributed by atoms with Crippen molar-refractivity contribution in [1.29, 1.82) is 0 Å². The molecule has 2 amide bonds. The molecule has 0 spiro atoms. The molecule has 0 bridgehead atoms. The van der Waals surface area contributed by atoms with Gasteiger partial charge in [-0.1, -0.05) is 33.1 Å². The average molecular weight is 438 g/mol. The lowest BCUT2D eigenvalue weighted by atomic mass is 9.88. The quantitative estimate of drug-likeness (QED) is 0.381. The number of hydrogen-bond donors (Lipinski definition) is 3. The average Bonchev–Trinajstić information content (AvgIpc) is 3.20. The lowest BCUT2D eigenvalue weighted by Crippen LogP contribution is -2.46. The van der Waals surface area contributed by atoms with Crippen molar-refractivity contribution >= 4 is 18.0 Å². The molecule has 1 saturated heterocycles. The number of carbonyl (C=O) groups excluding carboxylic acids is 2. The normalized spacial score (nSPS) is 21.1. The van der Waals surface area contributed by atoms with E-state index in [0.717, 1.165) is 51.3 Å². The lowest BCUT2D eigenvalue weighted by molar-refractivity contribution is -0.135. The molecule has 1 aliphatic carbocycles. The van der Waals surface area contributed by atoms with Crippen LogP contribution in [0.3, 0.4) is 0 Å². The van der Waals surface area contributed by atoms with Crippen molar-refractivity contribution in [3.05, 3.63) is 0 Å². The van der Waals surface area contributed by atoms with Crippen molar-refractivity contribution in [1.82, 2.24) is 20.9 Å². The Morgan fingerprint density at radius 1 is 1.13 bits per heavy atom. The fourth-order valence-corrected chi connectivity index (χ4v) is 4.49. The van der Waals surface area contributed by atoms with Crippen LogP contribution in [0, 0.1) is 11.8 Å². The number of aliphatic imine (C=N–C) groups is 1. The number of ether oxygens (including phenoxy) is 1. The fraction of sp³-hybridized carbons (Fsp3) is 0.870. The van der Waals surface area contributed by atoms with Gasteiger partial charge in [-0.15, -0.1) is 0 Å². The van der Waals surface area contributed by atoms with E-state index >= 15 is 0 Å². The number of hydrogen-bond acceptors (Lipinski definition) is 4. The van der Waals surface area contributed by atoms with Crippen molar-refractivity contribution in [3.63, 3.8) is 0 Å². The Morgan fingerprint density at radius 3 is 2.52 bits per heavy atom. The number of rotatable bonds is 9. The molecule has 0 aromatic rings. The van der Waals surface area contributed by atoms with Crippen LogP contribution >= 0.6 is 0 Å². The Hall–Kier alpha value is -1.99. The van der Waals surface area contributed by atoms with Crippen molar-refractivity contribution in [2.24, 2.45) is 16.8 Å². The van der Waals surface area contributed by atoms with Gasteiger partial charge < -0.3 is 25.6 Å². The second-order valence-corrected chi connectivity index (χ2v) is 9.16. The minimum Gasteiger partial charge on any atom is -0.450 e. The van der Waals surface area contributed by atoms with Crippen molar-refractivity contribution in [2.75, 3.05) is 32.8 Å². The van der Waals surface area contributed by atoms with Gasteiger partial charge in [0, 0.05) is 31.6 Å². The second-order valence-electron chi connectivity index (χ2n) is 9.16. The molecular formula is C23H43N5O3. The van der Waals surface area contributed by atoms with Crippen molar-refractivity contribution < 1.29 is 14.3 Å². The minimum atomic E-state index is -0.394. The third-order valence-corrected chi connectivity index (χ3v) is 5.96. The molecule has 2 rings (SSSR count).